The second-order valence-corrected chi connectivity index (χ2v) is 5.48. The molecule has 0 radical (unpaired) electrons. The molecule has 2 aromatic carbocycles. The predicted molar refractivity (Wildman–Crippen MR) is 82.5 cm³/mol. The van der Waals surface area contributed by atoms with Crippen molar-refractivity contribution in [3.05, 3.63) is 65.4 Å². The largest absolute Gasteiger partial charge is 0.461 e. The Morgan fingerprint density at radius 2 is 1.86 bits per heavy atom. The first-order valence-electron chi connectivity index (χ1n) is 7.11. The van der Waals surface area contributed by atoms with Crippen molar-refractivity contribution in [1.82, 2.24) is 0 Å². The molecule has 1 aliphatic heterocycles. The summed E-state index contributed by atoms with van der Waals surface area (Å²) < 4.78 is 5.94. The molecule has 2 heterocycles. The van der Waals surface area contributed by atoms with Crippen molar-refractivity contribution in [3.8, 4) is 0 Å². The zero-order valence-corrected chi connectivity index (χ0v) is 11.7. The first-order chi connectivity index (χ1) is 10.2. The molecule has 3 heteroatoms. The van der Waals surface area contributed by atoms with E-state index in [4.69, 9.17) is 4.42 Å². The maximum Gasteiger partial charge on any atom is 0.232 e. The van der Waals surface area contributed by atoms with E-state index in [2.05, 4.69) is 18.3 Å². The van der Waals surface area contributed by atoms with E-state index in [0.29, 0.717) is 6.42 Å². The molecule has 1 aromatic heterocycles. The monoisotopic (exact) mass is 277 g/mol. The lowest BCUT2D eigenvalue weighted by Gasteiger charge is -2.07. The number of carbonyl (C=O) groups excluding carboxylic acids is 1. The molecule has 1 aliphatic rings. The standard InChI is InChI=1S/C18H15NO2/c1-11-12-6-3-5-9-16(12)21-17(11)10-14-13-7-2-4-8-15(13)19-18(14)20/h2-9,14H,10H2,1H3,(H,19,20)/t14-/m1/s1. The number of nitrogens with one attached hydrogen (secondary N) is 1. The summed E-state index contributed by atoms with van der Waals surface area (Å²) in [6, 6.07) is 15.9. The number of furan rings is 1. The third-order valence-electron chi connectivity index (χ3n) is 4.24. The van der Waals surface area contributed by atoms with Crippen molar-refractivity contribution in [2.45, 2.75) is 19.3 Å². The van der Waals surface area contributed by atoms with Gasteiger partial charge in [-0.15, -0.1) is 0 Å². The number of rotatable bonds is 2. The number of fused-ring (bicyclic) bond motifs is 2. The number of anilines is 1. The number of amides is 1. The molecule has 1 atom stereocenters. The summed E-state index contributed by atoms with van der Waals surface area (Å²) in [5.74, 6) is 0.782. The van der Waals surface area contributed by atoms with Gasteiger partial charge >= 0.3 is 0 Å². The maximum atomic E-state index is 12.2. The van der Waals surface area contributed by atoms with Crippen molar-refractivity contribution in [1.29, 1.82) is 0 Å². The Morgan fingerprint density at radius 1 is 1.10 bits per heavy atom. The first-order valence-corrected chi connectivity index (χ1v) is 7.11. The number of aryl methyl sites for hydroxylation is 1. The molecule has 1 N–H and O–H groups in total. The van der Waals surface area contributed by atoms with Crippen LogP contribution in [0.1, 0.15) is 22.8 Å². The summed E-state index contributed by atoms with van der Waals surface area (Å²) in [5, 5.41) is 4.06. The van der Waals surface area contributed by atoms with Crippen molar-refractivity contribution in [2.24, 2.45) is 0 Å². The van der Waals surface area contributed by atoms with Crippen LogP contribution >= 0.6 is 0 Å². The molecule has 21 heavy (non-hydrogen) atoms. The van der Waals surface area contributed by atoms with E-state index < -0.39 is 0 Å². The fourth-order valence-electron chi connectivity index (χ4n) is 3.08. The number of carbonyl (C=O) groups is 1. The minimum atomic E-state index is -0.166. The molecular formula is C18H15NO2. The number of hydrogen-bond donors (Lipinski definition) is 1. The van der Waals surface area contributed by atoms with Crippen LogP contribution in [-0.2, 0) is 11.2 Å². The SMILES string of the molecule is Cc1c(C[C@H]2C(=O)Nc3ccccc32)oc2ccccc12. The molecule has 4 rings (SSSR count). The van der Waals surface area contributed by atoms with E-state index in [-0.39, 0.29) is 11.8 Å². The predicted octanol–water partition coefficient (Wildman–Crippen LogP) is 4.02. The highest BCUT2D eigenvalue weighted by Crippen LogP contribution is 2.36. The lowest BCUT2D eigenvalue weighted by Crippen LogP contribution is -2.14. The minimum Gasteiger partial charge on any atom is -0.461 e. The van der Waals surface area contributed by atoms with Crippen molar-refractivity contribution < 1.29 is 9.21 Å². The molecule has 0 saturated heterocycles. The van der Waals surface area contributed by atoms with Gasteiger partial charge in [-0.05, 0) is 30.2 Å². The fraction of sp³-hybridized carbons (Fsp3) is 0.167. The molecule has 0 aliphatic carbocycles. The number of para-hydroxylation sites is 2. The van der Waals surface area contributed by atoms with Gasteiger partial charge in [0.05, 0.1) is 5.92 Å². The molecule has 0 fully saturated rings. The highest BCUT2D eigenvalue weighted by Gasteiger charge is 2.31. The molecule has 0 saturated carbocycles. The maximum absolute atomic E-state index is 12.2. The number of benzene rings is 2. The average Bonchev–Trinajstić information content (AvgIpc) is 2.99. The van der Waals surface area contributed by atoms with Gasteiger partial charge in [-0.2, -0.15) is 0 Å². The van der Waals surface area contributed by atoms with Gasteiger partial charge in [0, 0.05) is 17.5 Å². The van der Waals surface area contributed by atoms with Crippen LogP contribution < -0.4 is 5.32 Å². The summed E-state index contributed by atoms with van der Waals surface area (Å²) in [5.41, 5.74) is 3.99. The van der Waals surface area contributed by atoms with Crippen LogP contribution in [0, 0.1) is 6.92 Å². The van der Waals surface area contributed by atoms with Gasteiger partial charge in [0.2, 0.25) is 5.91 Å². The Balaban J connectivity index is 1.75. The Bertz CT molecular complexity index is 847. The van der Waals surface area contributed by atoms with E-state index in [0.717, 1.165) is 33.5 Å². The Hall–Kier alpha value is -2.55. The van der Waals surface area contributed by atoms with Crippen LogP contribution in [0.15, 0.2) is 52.9 Å². The van der Waals surface area contributed by atoms with Gasteiger partial charge in [-0.25, -0.2) is 0 Å². The van der Waals surface area contributed by atoms with Crippen LogP contribution in [0.4, 0.5) is 5.69 Å². The Labute approximate surface area is 122 Å². The van der Waals surface area contributed by atoms with E-state index >= 15 is 0 Å². The average molecular weight is 277 g/mol. The van der Waals surface area contributed by atoms with E-state index in [9.17, 15) is 4.79 Å². The normalized spacial score (nSPS) is 17.0. The third kappa shape index (κ3) is 1.85. The van der Waals surface area contributed by atoms with Gasteiger partial charge in [0.15, 0.2) is 0 Å². The lowest BCUT2D eigenvalue weighted by molar-refractivity contribution is -0.117. The van der Waals surface area contributed by atoms with Crippen molar-refractivity contribution in [2.75, 3.05) is 5.32 Å². The highest BCUT2D eigenvalue weighted by atomic mass is 16.3. The smallest absolute Gasteiger partial charge is 0.232 e. The molecule has 0 spiro atoms. The van der Waals surface area contributed by atoms with E-state index in [1.165, 1.54) is 0 Å². The Morgan fingerprint density at radius 3 is 2.71 bits per heavy atom. The quantitative estimate of drug-likeness (QED) is 0.768. The molecule has 0 bridgehead atoms. The summed E-state index contributed by atoms with van der Waals surface area (Å²) in [6.45, 7) is 2.06. The van der Waals surface area contributed by atoms with E-state index in [1.807, 2.05) is 42.5 Å². The molecule has 104 valence electrons. The van der Waals surface area contributed by atoms with Gasteiger partial charge in [-0.3, -0.25) is 4.79 Å². The highest BCUT2D eigenvalue weighted by molar-refractivity contribution is 6.03. The van der Waals surface area contributed by atoms with Crippen LogP contribution in [0.3, 0.4) is 0 Å². The van der Waals surface area contributed by atoms with Gasteiger partial charge in [0.25, 0.3) is 0 Å². The molecule has 1 amide bonds. The molecular weight excluding hydrogens is 262 g/mol. The molecule has 0 unspecified atom stereocenters. The number of hydrogen-bond acceptors (Lipinski definition) is 2. The third-order valence-corrected chi connectivity index (χ3v) is 4.24. The Kier molecular flexibility index (Phi) is 2.61. The van der Waals surface area contributed by atoms with Crippen molar-refractivity contribution >= 4 is 22.6 Å². The zero-order chi connectivity index (χ0) is 14.4. The van der Waals surface area contributed by atoms with Crippen LogP contribution in [-0.4, -0.2) is 5.91 Å². The summed E-state index contributed by atoms with van der Waals surface area (Å²) in [4.78, 5) is 12.2. The van der Waals surface area contributed by atoms with Crippen LogP contribution in [0.25, 0.3) is 11.0 Å². The van der Waals surface area contributed by atoms with Gasteiger partial charge in [-0.1, -0.05) is 36.4 Å². The lowest BCUT2D eigenvalue weighted by atomic mass is 9.94. The topological polar surface area (TPSA) is 42.2 Å². The van der Waals surface area contributed by atoms with Crippen LogP contribution in [0.2, 0.25) is 0 Å². The summed E-state index contributed by atoms with van der Waals surface area (Å²) >= 11 is 0. The fourth-order valence-corrected chi connectivity index (χ4v) is 3.08. The van der Waals surface area contributed by atoms with E-state index in [1.54, 1.807) is 0 Å². The molecule has 3 nitrogen and oxygen atoms in total. The van der Waals surface area contributed by atoms with Crippen molar-refractivity contribution in [3.63, 3.8) is 0 Å². The zero-order valence-electron chi connectivity index (χ0n) is 11.7. The second kappa shape index (κ2) is 4.48. The summed E-state index contributed by atoms with van der Waals surface area (Å²) in [7, 11) is 0. The van der Waals surface area contributed by atoms with Gasteiger partial charge < -0.3 is 9.73 Å². The minimum absolute atomic E-state index is 0.0519. The van der Waals surface area contributed by atoms with Gasteiger partial charge in [0.1, 0.15) is 11.3 Å². The first kappa shape index (κ1) is 12.2. The molecule has 3 aromatic rings. The summed E-state index contributed by atoms with van der Waals surface area (Å²) in [6.07, 6.45) is 0.601. The van der Waals surface area contributed by atoms with Crippen LogP contribution in [0.5, 0.6) is 0 Å². The second-order valence-electron chi connectivity index (χ2n) is 5.48.